The van der Waals surface area contributed by atoms with Crippen LogP contribution >= 0.6 is 0 Å². The summed E-state index contributed by atoms with van der Waals surface area (Å²) in [5.74, 6) is 0.251. The molecule has 0 aromatic heterocycles. The van der Waals surface area contributed by atoms with Crippen molar-refractivity contribution >= 4 is 58.2 Å². The van der Waals surface area contributed by atoms with E-state index in [-0.39, 0.29) is 5.92 Å². The first kappa shape index (κ1) is 64.9. The van der Waals surface area contributed by atoms with Gasteiger partial charge in [0.05, 0.1) is 17.1 Å². The van der Waals surface area contributed by atoms with Crippen LogP contribution in [0.2, 0.25) is 0 Å². The Hall–Kier alpha value is -13.1. The molecule has 2 heteroatoms. The average molecular weight is 1310 g/mol. The van der Waals surface area contributed by atoms with Crippen molar-refractivity contribution in [3.05, 3.63) is 434 Å². The fraction of sp³-hybridized carbons (Fsp3) is 0.0400. The zero-order valence-corrected chi connectivity index (χ0v) is 57.2. The van der Waals surface area contributed by atoms with Crippen molar-refractivity contribution in [1.29, 1.82) is 0 Å². The molecule has 12 aromatic carbocycles. The second kappa shape index (κ2) is 29.6. The van der Waals surface area contributed by atoms with Gasteiger partial charge in [-0.15, -0.1) is 0 Å². The van der Waals surface area contributed by atoms with Crippen LogP contribution in [0, 0.1) is 0 Å². The molecule has 0 bridgehead atoms. The Bertz CT molecular complexity index is 5530. The summed E-state index contributed by atoms with van der Waals surface area (Å²) in [5, 5.41) is 0. The average Bonchev–Trinajstić information content (AvgIpc) is 0.757. The van der Waals surface area contributed by atoms with E-state index < -0.39 is 0 Å². The summed E-state index contributed by atoms with van der Waals surface area (Å²) in [4.78, 5) is 4.95. The largest absolute Gasteiger partial charge is 0.312 e. The Morgan fingerprint density at radius 3 is 1.21 bits per heavy atom. The highest BCUT2D eigenvalue weighted by molar-refractivity contribution is 5.94. The molecular weight excluding hydrogens is 1230 g/mol. The fourth-order valence-corrected chi connectivity index (χ4v) is 14.1. The van der Waals surface area contributed by atoms with Gasteiger partial charge in [0.1, 0.15) is 0 Å². The molecule has 0 fully saturated rings. The van der Waals surface area contributed by atoms with Crippen LogP contribution in [0.3, 0.4) is 0 Å². The molecular formula is C100H76N2. The molecule has 3 aliphatic carbocycles. The number of rotatable bonds is 21. The third-order valence-corrected chi connectivity index (χ3v) is 19.7. The van der Waals surface area contributed by atoms with Crippen molar-refractivity contribution < 1.29 is 0 Å². The lowest BCUT2D eigenvalue weighted by Gasteiger charge is -2.36. The number of hydrogen-bond acceptors (Lipinski definition) is 2. The summed E-state index contributed by atoms with van der Waals surface area (Å²) in [7, 11) is 0. The minimum absolute atomic E-state index is 0.251. The minimum Gasteiger partial charge on any atom is -0.312 e. The molecule has 102 heavy (non-hydrogen) atoms. The van der Waals surface area contributed by atoms with Gasteiger partial charge in [0.15, 0.2) is 0 Å². The van der Waals surface area contributed by atoms with Gasteiger partial charge in [-0.1, -0.05) is 318 Å². The van der Waals surface area contributed by atoms with Crippen LogP contribution in [-0.2, 0) is 0 Å². The van der Waals surface area contributed by atoms with Gasteiger partial charge in [-0.05, 0) is 237 Å². The van der Waals surface area contributed by atoms with Crippen molar-refractivity contribution in [3.63, 3.8) is 0 Å². The van der Waals surface area contributed by atoms with Gasteiger partial charge >= 0.3 is 0 Å². The van der Waals surface area contributed by atoms with E-state index in [1.165, 1.54) is 5.56 Å². The first-order valence-corrected chi connectivity index (χ1v) is 35.0. The summed E-state index contributed by atoms with van der Waals surface area (Å²) >= 11 is 0. The quantitative estimate of drug-likeness (QED) is 0.0662. The summed E-state index contributed by atoms with van der Waals surface area (Å²) in [6.07, 6.45) is 28.0. The van der Waals surface area contributed by atoms with Crippen molar-refractivity contribution in [2.45, 2.75) is 25.2 Å². The Morgan fingerprint density at radius 1 is 0.333 bits per heavy atom. The number of allylic oxidation sites excluding steroid dienone is 12. The van der Waals surface area contributed by atoms with Crippen LogP contribution < -0.4 is 9.80 Å². The van der Waals surface area contributed by atoms with Crippen LogP contribution in [0.25, 0.3) is 113 Å². The minimum atomic E-state index is 0.251. The van der Waals surface area contributed by atoms with Gasteiger partial charge in [-0.2, -0.15) is 0 Å². The third kappa shape index (κ3) is 14.0. The number of hydrogen-bond donors (Lipinski definition) is 0. The van der Waals surface area contributed by atoms with E-state index in [1.807, 2.05) is 30.4 Å². The first-order valence-electron chi connectivity index (χ1n) is 35.0. The summed E-state index contributed by atoms with van der Waals surface area (Å²) in [6, 6.07) is 104. The standard InChI is InChI=1S/C100H76N2/c1-6-70-38-48-75(49-39-70)80-20-11-25-85(60-80)90-30-16-34-95(65-90)101(96-35-17-31-91(66-96)86-26-12-21-81(61-86)76-50-40-71(7-2)41-51-76)99-59-58-94(89-29-15-24-84(64-89)79-56-46-74(10-5)47-57-79)69-100(99)102(97-36-18-32-92(67-97)87-27-13-22-82(62-87)77-52-42-72(8-3)43-53-77)98-37-19-33-93(68-98)88-28-14-23-83(63-88)78-54-44-73(9-4)45-55-78/h6-16,18,20-34,36,38-52,54-69,77H,1-5,19,37,53H2. The summed E-state index contributed by atoms with van der Waals surface area (Å²) in [6.45, 7) is 20.2. The number of nitrogens with zero attached hydrogens (tertiary/aromatic N) is 2. The number of benzene rings is 12. The second-order valence-corrected chi connectivity index (χ2v) is 26.1. The highest BCUT2D eigenvalue weighted by atomic mass is 15.2. The molecule has 0 N–H and O–H groups in total. The van der Waals surface area contributed by atoms with Gasteiger partial charge in [-0.25, -0.2) is 0 Å². The molecule has 0 saturated carbocycles. The Morgan fingerprint density at radius 2 is 0.735 bits per heavy atom. The molecule has 1 unspecified atom stereocenters. The maximum Gasteiger partial charge on any atom is 0.0980 e. The SMILES string of the molecule is C=CC1=CCC(c2cccc(-c3cccc(N(C4=CC(c5cccc(-c6ccc(C=C)cc6)c5)=CCC4)c4cc(-c5cccc(-c6ccc(C=C)cc6)c5)ccc4N(C4=C=C=CC(c5cccc(-c6ccc(C=C)cc6)c5)=C4)c4cccc(-c5cccc(-c6ccc(C=C)cc6)c5)c4)c3)c2)C=C1. The molecule has 3 aliphatic rings. The molecule has 0 spiro atoms. The van der Waals surface area contributed by atoms with Gasteiger partial charge in [0.2, 0.25) is 0 Å². The van der Waals surface area contributed by atoms with Gasteiger partial charge < -0.3 is 9.80 Å². The van der Waals surface area contributed by atoms with Crippen LogP contribution in [0.15, 0.2) is 395 Å². The zero-order valence-electron chi connectivity index (χ0n) is 57.2. The van der Waals surface area contributed by atoms with Crippen LogP contribution in [0.1, 0.15) is 64.1 Å². The summed E-state index contributed by atoms with van der Waals surface area (Å²) < 4.78 is 0. The van der Waals surface area contributed by atoms with Crippen molar-refractivity contribution in [3.8, 4) is 77.9 Å². The van der Waals surface area contributed by atoms with Crippen molar-refractivity contribution in [2.24, 2.45) is 0 Å². The van der Waals surface area contributed by atoms with E-state index in [1.54, 1.807) is 0 Å². The molecule has 0 aliphatic heterocycles. The first-order chi connectivity index (χ1) is 50.2. The Balaban J connectivity index is 0.956. The van der Waals surface area contributed by atoms with E-state index in [0.29, 0.717) is 0 Å². The van der Waals surface area contributed by atoms with E-state index in [4.69, 9.17) is 0 Å². The maximum absolute atomic E-state index is 4.05. The van der Waals surface area contributed by atoms with Gasteiger partial charge in [0.25, 0.3) is 0 Å². The lowest BCUT2D eigenvalue weighted by atomic mass is 9.88. The monoisotopic (exact) mass is 1300 g/mol. The highest BCUT2D eigenvalue weighted by Crippen LogP contribution is 2.49. The highest BCUT2D eigenvalue weighted by Gasteiger charge is 2.28. The van der Waals surface area contributed by atoms with E-state index in [0.717, 1.165) is 181 Å². The maximum atomic E-state index is 4.05. The third-order valence-electron chi connectivity index (χ3n) is 19.7. The zero-order chi connectivity index (χ0) is 69.3. The molecule has 0 radical (unpaired) electrons. The van der Waals surface area contributed by atoms with Crippen LogP contribution in [0.5, 0.6) is 0 Å². The molecule has 2 nitrogen and oxygen atoms in total. The van der Waals surface area contributed by atoms with E-state index in [9.17, 15) is 0 Å². The van der Waals surface area contributed by atoms with E-state index in [2.05, 4.69) is 382 Å². The molecule has 0 saturated heterocycles. The predicted molar refractivity (Wildman–Crippen MR) is 438 cm³/mol. The molecule has 0 heterocycles. The molecule has 1 atom stereocenters. The molecule has 486 valence electrons. The van der Waals surface area contributed by atoms with E-state index >= 15 is 0 Å². The topological polar surface area (TPSA) is 6.48 Å². The molecule has 12 aromatic rings. The van der Waals surface area contributed by atoms with Crippen molar-refractivity contribution in [2.75, 3.05) is 9.80 Å². The molecule has 15 rings (SSSR count). The fourth-order valence-electron chi connectivity index (χ4n) is 14.1. The smallest absolute Gasteiger partial charge is 0.0980 e. The van der Waals surface area contributed by atoms with Crippen LogP contribution in [0.4, 0.5) is 22.7 Å². The van der Waals surface area contributed by atoms with Crippen molar-refractivity contribution in [1.82, 2.24) is 0 Å². The van der Waals surface area contributed by atoms with Crippen LogP contribution in [-0.4, -0.2) is 0 Å². The predicted octanol–water partition coefficient (Wildman–Crippen LogP) is 27.4. The van der Waals surface area contributed by atoms with Gasteiger partial charge in [-0.3, -0.25) is 0 Å². The molecule has 0 amide bonds. The Kier molecular flexibility index (Phi) is 18.8. The Labute approximate surface area is 601 Å². The number of anilines is 4. The lowest BCUT2D eigenvalue weighted by molar-refractivity contribution is 0.849. The second-order valence-electron chi connectivity index (χ2n) is 26.1. The normalized spacial score (nSPS) is 13.7. The summed E-state index contributed by atoms with van der Waals surface area (Å²) in [5.41, 5.74) is 40.1. The van der Waals surface area contributed by atoms with Gasteiger partial charge in [0, 0.05) is 23.0 Å². The lowest BCUT2D eigenvalue weighted by Crippen LogP contribution is -2.23.